The number of hydrogen-bond acceptors (Lipinski definition) is 4. The van der Waals surface area contributed by atoms with E-state index in [1.165, 1.54) is 0 Å². The second-order valence-corrected chi connectivity index (χ2v) is 2.46. The molecule has 0 radical (unpaired) electrons. The van der Waals surface area contributed by atoms with E-state index in [4.69, 9.17) is 15.2 Å². The van der Waals surface area contributed by atoms with Crippen molar-refractivity contribution in [2.24, 2.45) is 0 Å². The van der Waals surface area contributed by atoms with Crippen LogP contribution >= 0.6 is 0 Å². The molecule has 72 valence electrons. The Balaban J connectivity index is 2.32. The van der Waals surface area contributed by atoms with Crippen molar-refractivity contribution in [3.05, 3.63) is 18.5 Å². The molecule has 1 aromatic heterocycles. The molecule has 0 aliphatic heterocycles. The molecule has 2 N–H and O–H groups in total. The lowest BCUT2D eigenvalue weighted by atomic mass is 10.4. The quantitative estimate of drug-likeness (QED) is 0.692. The van der Waals surface area contributed by atoms with E-state index in [9.17, 15) is 0 Å². The Hall–Kier alpha value is -1.29. The number of pyridine rings is 1. The summed E-state index contributed by atoms with van der Waals surface area (Å²) in [6, 6.07) is 1.70. The molecule has 4 heteroatoms. The number of aromatic nitrogens is 1. The average Bonchev–Trinajstić information content (AvgIpc) is 2.15. The van der Waals surface area contributed by atoms with Crippen molar-refractivity contribution in [3.8, 4) is 5.75 Å². The van der Waals surface area contributed by atoms with Gasteiger partial charge >= 0.3 is 0 Å². The van der Waals surface area contributed by atoms with Crippen LogP contribution in [-0.2, 0) is 4.74 Å². The minimum absolute atomic E-state index is 0.504. The van der Waals surface area contributed by atoms with Crippen molar-refractivity contribution < 1.29 is 9.47 Å². The predicted octanol–water partition coefficient (Wildman–Crippen LogP) is 1.08. The Morgan fingerprint density at radius 3 is 3.00 bits per heavy atom. The zero-order valence-corrected chi connectivity index (χ0v) is 7.69. The largest absolute Gasteiger partial charge is 0.487 e. The molecule has 0 atom stereocenters. The van der Waals surface area contributed by atoms with E-state index in [1.54, 1.807) is 18.5 Å². The first-order chi connectivity index (χ1) is 6.34. The fourth-order valence-corrected chi connectivity index (χ4v) is 0.866. The van der Waals surface area contributed by atoms with Gasteiger partial charge in [0.05, 0.1) is 18.5 Å². The molecule has 0 saturated heterocycles. The topological polar surface area (TPSA) is 57.4 Å². The maximum Gasteiger partial charge on any atom is 0.160 e. The number of nitrogens with zero attached hydrogens (tertiary/aromatic N) is 1. The number of hydrogen-bond donors (Lipinski definition) is 1. The molecule has 0 saturated carbocycles. The first-order valence-corrected chi connectivity index (χ1v) is 4.24. The fourth-order valence-electron chi connectivity index (χ4n) is 0.866. The third-order valence-electron chi connectivity index (χ3n) is 1.51. The van der Waals surface area contributed by atoms with E-state index in [0.717, 1.165) is 0 Å². The van der Waals surface area contributed by atoms with Crippen LogP contribution in [0.4, 0.5) is 5.69 Å². The van der Waals surface area contributed by atoms with Gasteiger partial charge < -0.3 is 15.2 Å². The van der Waals surface area contributed by atoms with Crippen molar-refractivity contribution in [2.45, 2.75) is 6.92 Å². The Labute approximate surface area is 77.7 Å². The SMILES string of the molecule is CCOCCOc1cnccc1N. The van der Waals surface area contributed by atoms with Gasteiger partial charge in [0.15, 0.2) is 5.75 Å². The van der Waals surface area contributed by atoms with Gasteiger partial charge in [0, 0.05) is 12.8 Å². The summed E-state index contributed by atoms with van der Waals surface area (Å²) < 4.78 is 10.4. The summed E-state index contributed by atoms with van der Waals surface area (Å²) in [6.07, 6.45) is 3.23. The van der Waals surface area contributed by atoms with Crippen LogP contribution in [0.2, 0.25) is 0 Å². The van der Waals surface area contributed by atoms with Gasteiger partial charge in [-0.05, 0) is 13.0 Å². The Kier molecular flexibility index (Phi) is 4.05. The van der Waals surface area contributed by atoms with Crippen LogP contribution in [0.25, 0.3) is 0 Å². The van der Waals surface area contributed by atoms with Crippen LogP contribution < -0.4 is 10.5 Å². The average molecular weight is 182 g/mol. The molecule has 0 fully saturated rings. The van der Waals surface area contributed by atoms with Gasteiger partial charge in [0.2, 0.25) is 0 Å². The minimum atomic E-state index is 0.504. The molecule has 0 bridgehead atoms. The summed E-state index contributed by atoms with van der Waals surface area (Å²) in [5.74, 6) is 0.613. The van der Waals surface area contributed by atoms with Gasteiger partial charge in [-0.1, -0.05) is 0 Å². The first-order valence-electron chi connectivity index (χ1n) is 4.24. The van der Waals surface area contributed by atoms with E-state index in [0.29, 0.717) is 31.3 Å². The highest BCUT2D eigenvalue weighted by Gasteiger charge is 1.97. The van der Waals surface area contributed by atoms with E-state index < -0.39 is 0 Å². The lowest BCUT2D eigenvalue weighted by Gasteiger charge is -2.07. The molecular formula is C9H14N2O2. The standard InChI is InChI=1S/C9H14N2O2/c1-2-12-5-6-13-9-7-11-4-3-8(9)10/h3-4,7H,2,5-6H2,1H3,(H2,10,11). The number of nitrogens with two attached hydrogens (primary N) is 1. The number of nitrogen functional groups attached to an aromatic ring is 1. The lowest BCUT2D eigenvalue weighted by Crippen LogP contribution is -2.07. The molecule has 0 aliphatic carbocycles. The van der Waals surface area contributed by atoms with Crippen LogP contribution in [0.3, 0.4) is 0 Å². The highest BCUT2D eigenvalue weighted by atomic mass is 16.5. The van der Waals surface area contributed by atoms with Gasteiger partial charge in [-0.2, -0.15) is 0 Å². The van der Waals surface area contributed by atoms with Crippen molar-refractivity contribution >= 4 is 5.69 Å². The van der Waals surface area contributed by atoms with Gasteiger partial charge in [-0.25, -0.2) is 0 Å². The summed E-state index contributed by atoms with van der Waals surface area (Å²) in [5.41, 5.74) is 6.23. The van der Waals surface area contributed by atoms with Crippen LogP contribution in [0.5, 0.6) is 5.75 Å². The maximum atomic E-state index is 5.63. The molecule has 1 rings (SSSR count). The lowest BCUT2D eigenvalue weighted by molar-refractivity contribution is 0.110. The van der Waals surface area contributed by atoms with Crippen LogP contribution in [0, 0.1) is 0 Å². The molecule has 13 heavy (non-hydrogen) atoms. The van der Waals surface area contributed by atoms with Crippen LogP contribution in [0.15, 0.2) is 18.5 Å². The number of rotatable bonds is 5. The van der Waals surface area contributed by atoms with Gasteiger partial charge in [-0.15, -0.1) is 0 Å². The van der Waals surface area contributed by atoms with Gasteiger partial charge in [-0.3, -0.25) is 4.98 Å². The molecule has 0 aromatic carbocycles. The zero-order valence-electron chi connectivity index (χ0n) is 7.69. The van der Waals surface area contributed by atoms with Crippen molar-refractivity contribution in [3.63, 3.8) is 0 Å². The molecule has 0 amide bonds. The summed E-state index contributed by atoms with van der Waals surface area (Å²) in [6.45, 7) is 3.72. The smallest absolute Gasteiger partial charge is 0.160 e. The zero-order chi connectivity index (χ0) is 9.52. The Morgan fingerprint density at radius 2 is 2.31 bits per heavy atom. The molecule has 0 spiro atoms. The van der Waals surface area contributed by atoms with Crippen molar-refractivity contribution in [2.75, 3.05) is 25.6 Å². The maximum absolute atomic E-state index is 5.63. The van der Waals surface area contributed by atoms with E-state index >= 15 is 0 Å². The molecule has 0 aliphatic rings. The minimum Gasteiger partial charge on any atom is -0.487 e. The number of ether oxygens (including phenoxy) is 2. The molecular weight excluding hydrogens is 168 g/mol. The number of anilines is 1. The fraction of sp³-hybridized carbons (Fsp3) is 0.444. The summed E-state index contributed by atoms with van der Waals surface area (Å²) in [5, 5.41) is 0. The first kappa shape index (κ1) is 9.80. The summed E-state index contributed by atoms with van der Waals surface area (Å²) in [4.78, 5) is 3.90. The Morgan fingerprint density at radius 1 is 1.46 bits per heavy atom. The molecule has 1 aromatic rings. The van der Waals surface area contributed by atoms with E-state index in [2.05, 4.69) is 4.98 Å². The van der Waals surface area contributed by atoms with E-state index in [-0.39, 0.29) is 0 Å². The third-order valence-corrected chi connectivity index (χ3v) is 1.51. The van der Waals surface area contributed by atoms with Crippen molar-refractivity contribution in [1.29, 1.82) is 0 Å². The molecule has 1 heterocycles. The normalized spacial score (nSPS) is 9.92. The monoisotopic (exact) mass is 182 g/mol. The third kappa shape index (κ3) is 3.29. The second-order valence-electron chi connectivity index (χ2n) is 2.46. The van der Waals surface area contributed by atoms with Crippen LogP contribution in [0.1, 0.15) is 6.92 Å². The molecule has 0 unspecified atom stereocenters. The van der Waals surface area contributed by atoms with Gasteiger partial charge in [0.25, 0.3) is 0 Å². The van der Waals surface area contributed by atoms with E-state index in [1.807, 2.05) is 6.92 Å². The second kappa shape index (κ2) is 5.37. The van der Waals surface area contributed by atoms with Crippen LogP contribution in [-0.4, -0.2) is 24.8 Å². The highest BCUT2D eigenvalue weighted by molar-refractivity contribution is 5.49. The summed E-state index contributed by atoms with van der Waals surface area (Å²) in [7, 11) is 0. The summed E-state index contributed by atoms with van der Waals surface area (Å²) >= 11 is 0. The highest BCUT2D eigenvalue weighted by Crippen LogP contribution is 2.17. The van der Waals surface area contributed by atoms with Crippen molar-refractivity contribution in [1.82, 2.24) is 4.98 Å². The van der Waals surface area contributed by atoms with Gasteiger partial charge in [0.1, 0.15) is 6.61 Å². The Bertz CT molecular complexity index is 253. The predicted molar refractivity (Wildman–Crippen MR) is 50.6 cm³/mol. The molecule has 4 nitrogen and oxygen atoms in total.